The molecule has 1 N–H and O–H groups in total. The Morgan fingerprint density at radius 1 is 0.867 bits per heavy atom. The first-order valence-corrected chi connectivity index (χ1v) is 3.57. The van der Waals surface area contributed by atoms with E-state index in [1.54, 1.807) is 0 Å². The van der Waals surface area contributed by atoms with Crippen LogP contribution in [0.5, 0.6) is 0 Å². The Kier molecular flexibility index (Phi) is 2.95. The third kappa shape index (κ3) is 1.66. The zero-order valence-corrected chi connectivity index (χ0v) is 6.99. The molecule has 6 heteroatoms. The number of hydrogen-bond donors (Lipinski definition) is 1. The lowest BCUT2D eigenvalue weighted by molar-refractivity contribution is 0.219. The van der Waals surface area contributed by atoms with Gasteiger partial charge in [-0.1, -0.05) is 5.92 Å². The van der Waals surface area contributed by atoms with E-state index in [9.17, 15) is 22.0 Å². The van der Waals surface area contributed by atoms with E-state index in [4.69, 9.17) is 5.11 Å². The molecule has 1 rings (SSSR count). The molecule has 0 radical (unpaired) electrons. The van der Waals surface area contributed by atoms with Crippen molar-refractivity contribution in [2.45, 2.75) is 6.10 Å². The van der Waals surface area contributed by atoms with Crippen molar-refractivity contribution in [3.63, 3.8) is 0 Å². The van der Waals surface area contributed by atoms with Crippen LogP contribution < -0.4 is 0 Å². The highest BCUT2D eigenvalue weighted by atomic mass is 19.2. The van der Waals surface area contributed by atoms with Crippen LogP contribution in [0, 0.1) is 41.4 Å². The zero-order chi connectivity index (χ0) is 11.7. The van der Waals surface area contributed by atoms with Crippen LogP contribution in [-0.2, 0) is 0 Å². The molecule has 1 nitrogen and oxygen atoms in total. The summed E-state index contributed by atoms with van der Waals surface area (Å²) >= 11 is 0. The predicted molar refractivity (Wildman–Crippen MR) is 40.0 cm³/mol. The Hall–Kier alpha value is -1.61. The molecule has 80 valence electrons. The van der Waals surface area contributed by atoms with Gasteiger partial charge >= 0.3 is 0 Å². The third-order valence-electron chi connectivity index (χ3n) is 1.68. The second kappa shape index (κ2) is 3.87. The number of aliphatic hydroxyl groups is 1. The fourth-order valence-corrected chi connectivity index (χ4v) is 0.945. The van der Waals surface area contributed by atoms with Gasteiger partial charge < -0.3 is 5.11 Å². The number of hydrogen-bond acceptors (Lipinski definition) is 1. The zero-order valence-electron chi connectivity index (χ0n) is 6.99. The van der Waals surface area contributed by atoms with Gasteiger partial charge in [-0.15, -0.1) is 6.42 Å². The number of benzene rings is 1. The molecule has 1 aromatic rings. The van der Waals surface area contributed by atoms with E-state index in [0.717, 1.165) is 0 Å². The molecule has 0 saturated carbocycles. The molecule has 0 aliphatic rings. The molecule has 0 unspecified atom stereocenters. The summed E-state index contributed by atoms with van der Waals surface area (Å²) in [6.07, 6.45) is 2.42. The van der Waals surface area contributed by atoms with Crippen molar-refractivity contribution in [3.05, 3.63) is 34.6 Å². The summed E-state index contributed by atoms with van der Waals surface area (Å²) in [5.74, 6) is -9.37. The molecule has 0 amide bonds. The second-order valence-electron chi connectivity index (χ2n) is 2.55. The molecule has 0 aliphatic heterocycles. The van der Waals surface area contributed by atoms with Crippen molar-refractivity contribution in [1.29, 1.82) is 0 Å². The minimum atomic E-state index is -2.29. The number of aliphatic hydroxyl groups excluding tert-OH is 1. The fraction of sp³-hybridized carbons (Fsp3) is 0.111. The molecule has 0 aliphatic carbocycles. The SMILES string of the molecule is C#C[C@@H](O)c1c(F)c(F)c(F)c(F)c1F. The van der Waals surface area contributed by atoms with Crippen LogP contribution in [0.25, 0.3) is 0 Å². The lowest BCUT2D eigenvalue weighted by Crippen LogP contribution is -2.10. The van der Waals surface area contributed by atoms with Gasteiger partial charge in [-0.05, 0) is 0 Å². The van der Waals surface area contributed by atoms with Crippen LogP contribution in [0.1, 0.15) is 11.7 Å². The monoisotopic (exact) mass is 222 g/mol. The molecule has 0 heterocycles. The Morgan fingerprint density at radius 2 is 1.20 bits per heavy atom. The minimum absolute atomic E-state index is 1.42. The average Bonchev–Trinajstić information content (AvgIpc) is 2.23. The summed E-state index contributed by atoms with van der Waals surface area (Å²) in [6, 6.07) is 0. The molecule has 0 aromatic heterocycles. The van der Waals surface area contributed by atoms with Gasteiger partial charge in [0, 0.05) is 0 Å². The van der Waals surface area contributed by atoms with Crippen LogP contribution in [0.4, 0.5) is 22.0 Å². The van der Waals surface area contributed by atoms with Crippen LogP contribution in [-0.4, -0.2) is 5.11 Å². The van der Waals surface area contributed by atoms with E-state index in [2.05, 4.69) is 6.42 Å². The van der Waals surface area contributed by atoms with Gasteiger partial charge in [0.25, 0.3) is 0 Å². The average molecular weight is 222 g/mol. The van der Waals surface area contributed by atoms with Crippen LogP contribution in [0.2, 0.25) is 0 Å². The Morgan fingerprint density at radius 3 is 1.53 bits per heavy atom. The van der Waals surface area contributed by atoms with Crippen molar-refractivity contribution in [1.82, 2.24) is 0 Å². The maximum Gasteiger partial charge on any atom is 0.200 e. The lowest BCUT2D eigenvalue weighted by Gasteiger charge is -2.09. The first kappa shape index (κ1) is 11.5. The highest BCUT2D eigenvalue weighted by Gasteiger charge is 2.28. The third-order valence-corrected chi connectivity index (χ3v) is 1.68. The molecule has 0 saturated heterocycles. The fourth-order valence-electron chi connectivity index (χ4n) is 0.945. The Labute approximate surface area is 81.1 Å². The molecule has 0 spiro atoms. The largest absolute Gasteiger partial charge is 0.376 e. The first-order chi connectivity index (χ1) is 6.91. The Bertz CT molecular complexity index is 420. The summed E-state index contributed by atoms with van der Waals surface area (Å²) in [6.45, 7) is 0. The normalized spacial score (nSPS) is 12.3. The topological polar surface area (TPSA) is 20.2 Å². The predicted octanol–water partition coefficient (Wildman–Crippen LogP) is 2.05. The molecule has 1 atom stereocenters. The van der Waals surface area contributed by atoms with Crippen LogP contribution in [0.15, 0.2) is 0 Å². The quantitative estimate of drug-likeness (QED) is 0.333. The van der Waals surface area contributed by atoms with E-state index in [1.165, 1.54) is 5.92 Å². The van der Waals surface area contributed by atoms with Gasteiger partial charge in [-0.2, -0.15) is 0 Å². The van der Waals surface area contributed by atoms with Gasteiger partial charge in [0.2, 0.25) is 5.82 Å². The maximum atomic E-state index is 12.9. The second-order valence-corrected chi connectivity index (χ2v) is 2.55. The number of rotatable bonds is 1. The maximum absolute atomic E-state index is 12.9. The van der Waals surface area contributed by atoms with E-state index in [1.807, 2.05) is 0 Å². The van der Waals surface area contributed by atoms with E-state index in [0.29, 0.717) is 0 Å². The van der Waals surface area contributed by atoms with Gasteiger partial charge in [0.1, 0.15) is 6.10 Å². The molecule has 15 heavy (non-hydrogen) atoms. The van der Waals surface area contributed by atoms with Gasteiger partial charge in [0.15, 0.2) is 23.3 Å². The molecule has 0 fully saturated rings. The van der Waals surface area contributed by atoms with Crippen LogP contribution >= 0.6 is 0 Å². The number of terminal acetylenes is 1. The van der Waals surface area contributed by atoms with Crippen molar-refractivity contribution in [3.8, 4) is 12.3 Å². The van der Waals surface area contributed by atoms with Crippen molar-refractivity contribution in [2.75, 3.05) is 0 Å². The first-order valence-electron chi connectivity index (χ1n) is 3.57. The van der Waals surface area contributed by atoms with Crippen LogP contribution in [0.3, 0.4) is 0 Å². The highest BCUT2D eigenvalue weighted by Crippen LogP contribution is 2.27. The van der Waals surface area contributed by atoms with Gasteiger partial charge in [0.05, 0.1) is 5.56 Å². The van der Waals surface area contributed by atoms with E-state index >= 15 is 0 Å². The lowest BCUT2D eigenvalue weighted by atomic mass is 10.1. The van der Waals surface area contributed by atoms with Crippen molar-refractivity contribution >= 4 is 0 Å². The van der Waals surface area contributed by atoms with Gasteiger partial charge in [-0.25, -0.2) is 22.0 Å². The summed E-state index contributed by atoms with van der Waals surface area (Å²) in [5.41, 5.74) is -1.42. The molecule has 0 bridgehead atoms. The van der Waals surface area contributed by atoms with Crippen molar-refractivity contribution < 1.29 is 27.1 Å². The molecular weight excluding hydrogens is 219 g/mol. The Balaban J connectivity index is 3.61. The minimum Gasteiger partial charge on any atom is -0.376 e. The number of halogens is 5. The summed E-state index contributed by atoms with van der Waals surface area (Å²) < 4.78 is 63.3. The smallest absolute Gasteiger partial charge is 0.200 e. The van der Waals surface area contributed by atoms with Crippen molar-refractivity contribution in [2.24, 2.45) is 0 Å². The summed E-state index contributed by atoms with van der Waals surface area (Å²) in [5, 5.41) is 8.86. The van der Waals surface area contributed by atoms with E-state index in [-0.39, 0.29) is 0 Å². The summed E-state index contributed by atoms with van der Waals surface area (Å²) in [4.78, 5) is 0. The van der Waals surface area contributed by atoms with Gasteiger partial charge in [-0.3, -0.25) is 0 Å². The highest BCUT2D eigenvalue weighted by molar-refractivity contribution is 5.29. The summed E-state index contributed by atoms with van der Waals surface area (Å²) in [7, 11) is 0. The van der Waals surface area contributed by atoms with E-state index < -0.39 is 40.8 Å². The molecular formula is C9H3F5O. The standard InChI is InChI=1S/C9H3F5O/c1-2-3(15)4-5(10)7(12)9(14)8(13)6(4)11/h1,3,15H/t3-/m1/s1. The molecule has 1 aromatic carbocycles.